The molecule has 5 nitrogen and oxygen atoms in total. The average Bonchev–Trinajstić information content (AvgIpc) is 2.67. The second-order valence-corrected chi connectivity index (χ2v) is 8.14. The van der Waals surface area contributed by atoms with Gasteiger partial charge < -0.3 is 15.3 Å². The van der Waals surface area contributed by atoms with E-state index in [-0.39, 0.29) is 42.3 Å². The maximum atomic E-state index is 13.0. The second-order valence-electron chi connectivity index (χ2n) is 8.14. The summed E-state index contributed by atoms with van der Waals surface area (Å²) >= 11 is 0. The zero-order valence-corrected chi connectivity index (χ0v) is 16.8. The van der Waals surface area contributed by atoms with Crippen molar-refractivity contribution in [1.29, 1.82) is 0 Å². The van der Waals surface area contributed by atoms with Crippen LogP contribution < -0.4 is 5.32 Å². The van der Waals surface area contributed by atoms with Crippen molar-refractivity contribution in [2.45, 2.75) is 44.2 Å². The van der Waals surface area contributed by atoms with E-state index < -0.39 is 0 Å². The summed E-state index contributed by atoms with van der Waals surface area (Å²) in [6, 6.07) is 18.2. The van der Waals surface area contributed by atoms with E-state index in [1.54, 1.807) is 0 Å². The molecule has 1 saturated carbocycles. The highest BCUT2D eigenvalue weighted by atomic mass is 16.3. The lowest BCUT2D eigenvalue weighted by molar-refractivity contribution is -0.158. The zero-order valence-electron chi connectivity index (χ0n) is 16.8. The number of carbonyl (C=O) groups is 2. The molecule has 2 amide bonds. The first kappa shape index (κ1) is 19.6. The van der Waals surface area contributed by atoms with Gasteiger partial charge in [-0.1, -0.05) is 61.0 Å². The Bertz CT molecular complexity index is 861. The third-order valence-electron chi connectivity index (χ3n) is 6.40. The van der Waals surface area contributed by atoms with Crippen LogP contribution >= 0.6 is 0 Å². The third kappa shape index (κ3) is 3.79. The number of aliphatic hydroxyl groups is 1. The summed E-state index contributed by atoms with van der Waals surface area (Å²) < 4.78 is 0. The van der Waals surface area contributed by atoms with Crippen LogP contribution in [0.4, 0.5) is 0 Å². The Kier molecular flexibility index (Phi) is 5.67. The number of benzene rings is 2. The van der Waals surface area contributed by atoms with E-state index in [2.05, 4.69) is 41.7 Å². The molecule has 1 aliphatic heterocycles. The van der Waals surface area contributed by atoms with Crippen molar-refractivity contribution < 1.29 is 14.7 Å². The molecular weight excluding hydrogens is 364 g/mol. The maximum Gasteiger partial charge on any atom is 0.226 e. The van der Waals surface area contributed by atoms with E-state index >= 15 is 0 Å². The molecule has 2 aliphatic rings. The van der Waals surface area contributed by atoms with Gasteiger partial charge in [-0.15, -0.1) is 0 Å². The minimum absolute atomic E-state index is 0.0145. The van der Waals surface area contributed by atoms with Gasteiger partial charge >= 0.3 is 0 Å². The molecule has 2 N–H and O–H groups in total. The molecule has 1 saturated heterocycles. The lowest BCUT2D eigenvalue weighted by atomic mass is 9.72. The molecule has 0 aromatic heterocycles. The minimum Gasteiger partial charge on any atom is -0.394 e. The Labute approximate surface area is 171 Å². The first-order valence-electron chi connectivity index (χ1n) is 10.4. The van der Waals surface area contributed by atoms with Crippen molar-refractivity contribution in [2.75, 3.05) is 13.2 Å². The van der Waals surface area contributed by atoms with E-state index in [1.165, 1.54) is 6.92 Å². The van der Waals surface area contributed by atoms with E-state index in [9.17, 15) is 14.7 Å². The van der Waals surface area contributed by atoms with Crippen LogP contribution in [0, 0.1) is 5.92 Å². The molecule has 0 spiro atoms. The molecule has 1 heterocycles. The first-order valence-corrected chi connectivity index (χ1v) is 10.4. The number of rotatable bonds is 6. The number of aliphatic hydroxyl groups excluding tert-OH is 1. The number of nitrogens with zero attached hydrogens (tertiary/aromatic N) is 1. The summed E-state index contributed by atoms with van der Waals surface area (Å²) in [4.78, 5) is 26.3. The molecule has 2 aromatic rings. The molecule has 0 bridgehead atoms. The zero-order chi connectivity index (χ0) is 20.4. The van der Waals surface area contributed by atoms with E-state index in [1.807, 2.05) is 23.1 Å². The minimum atomic E-state index is -0.232. The highest BCUT2D eigenvalue weighted by Crippen LogP contribution is 2.43. The maximum absolute atomic E-state index is 13.0. The molecule has 2 fully saturated rings. The van der Waals surface area contributed by atoms with Gasteiger partial charge in [-0.25, -0.2) is 0 Å². The highest BCUT2D eigenvalue weighted by Gasteiger charge is 2.52. The van der Waals surface area contributed by atoms with E-state index in [0.29, 0.717) is 6.54 Å². The Morgan fingerprint density at radius 1 is 1.00 bits per heavy atom. The fourth-order valence-electron chi connectivity index (χ4n) is 4.59. The molecule has 0 unspecified atom stereocenters. The average molecular weight is 392 g/mol. The summed E-state index contributed by atoms with van der Waals surface area (Å²) in [7, 11) is 0. The monoisotopic (exact) mass is 392 g/mol. The predicted molar refractivity (Wildman–Crippen MR) is 112 cm³/mol. The van der Waals surface area contributed by atoms with Crippen LogP contribution in [0.1, 0.15) is 37.7 Å². The number of hydrogen-bond acceptors (Lipinski definition) is 3. The van der Waals surface area contributed by atoms with E-state index in [0.717, 1.165) is 36.0 Å². The van der Waals surface area contributed by atoms with Gasteiger partial charge in [0.1, 0.15) is 0 Å². The summed E-state index contributed by atoms with van der Waals surface area (Å²) in [5, 5.41) is 12.9. The largest absolute Gasteiger partial charge is 0.394 e. The smallest absolute Gasteiger partial charge is 0.226 e. The van der Waals surface area contributed by atoms with Gasteiger partial charge in [0, 0.05) is 25.3 Å². The Morgan fingerprint density at radius 3 is 2.21 bits per heavy atom. The van der Waals surface area contributed by atoms with Crippen LogP contribution in [0.25, 0.3) is 11.1 Å². The van der Waals surface area contributed by atoms with Crippen molar-refractivity contribution >= 4 is 11.8 Å². The molecule has 4 rings (SSSR count). The fraction of sp³-hybridized carbons (Fsp3) is 0.417. The first-order chi connectivity index (χ1) is 14.1. The second kappa shape index (κ2) is 8.37. The van der Waals surface area contributed by atoms with Crippen molar-refractivity contribution in [3.8, 4) is 11.1 Å². The summed E-state index contributed by atoms with van der Waals surface area (Å²) in [6.45, 7) is 1.83. The fourth-order valence-corrected chi connectivity index (χ4v) is 4.59. The van der Waals surface area contributed by atoms with Gasteiger partial charge in [0.25, 0.3) is 0 Å². The van der Waals surface area contributed by atoms with Crippen LogP contribution in [-0.4, -0.2) is 47.1 Å². The molecule has 29 heavy (non-hydrogen) atoms. The Morgan fingerprint density at radius 2 is 1.66 bits per heavy atom. The Balaban J connectivity index is 1.57. The molecule has 3 atom stereocenters. The predicted octanol–water partition coefficient (Wildman–Crippen LogP) is 2.95. The van der Waals surface area contributed by atoms with Crippen LogP contribution in [0.15, 0.2) is 54.6 Å². The van der Waals surface area contributed by atoms with Gasteiger partial charge in [0.05, 0.1) is 18.7 Å². The standard InChI is InChI=1S/C24H28N2O3/c1-16(28)25-14-21-23(22(15-27)26(21)24(29)20-8-5-9-20)19-12-10-18(11-13-19)17-6-3-2-4-7-17/h2-4,6-7,10-13,20-23,27H,5,8-9,14-15H2,1H3,(H,25,28)/t21-,22+,23-/m1/s1. The number of amides is 2. The number of nitrogens with one attached hydrogen (secondary N) is 1. The lowest BCUT2D eigenvalue weighted by Gasteiger charge is -2.56. The quantitative estimate of drug-likeness (QED) is 0.794. The van der Waals surface area contributed by atoms with Gasteiger partial charge in [-0.2, -0.15) is 0 Å². The van der Waals surface area contributed by atoms with Gasteiger partial charge in [0.15, 0.2) is 0 Å². The molecule has 152 valence electrons. The van der Waals surface area contributed by atoms with Crippen LogP contribution in [0.2, 0.25) is 0 Å². The molecule has 2 aromatic carbocycles. The summed E-state index contributed by atoms with van der Waals surface area (Å²) in [6.07, 6.45) is 2.95. The molecular formula is C24H28N2O3. The number of hydrogen-bond donors (Lipinski definition) is 2. The summed E-state index contributed by atoms with van der Waals surface area (Å²) in [5.41, 5.74) is 3.38. The SMILES string of the molecule is CC(=O)NC[C@@H]1[C@@H](c2ccc(-c3ccccc3)cc2)[C@H](CO)N1C(=O)C1CCC1. The number of likely N-dealkylation sites (tertiary alicyclic amines) is 1. The Hall–Kier alpha value is -2.66. The van der Waals surface area contributed by atoms with Crippen molar-refractivity contribution in [2.24, 2.45) is 5.92 Å². The third-order valence-corrected chi connectivity index (χ3v) is 6.40. The lowest BCUT2D eigenvalue weighted by Crippen LogP contribution is -2.69. The topological polar surface area (TPSA) is 69.6 Å². The van der Waals surface area contributed by atoms with Gasteiger partial charge in [0.2, 0.25) is 11.8 Å². The van der Waals surface area contributed by atoms with Gasteiger partial charge in [-0.05, 0) is 29.5 Å². The van der Waals surface area contributed by atoms with Crippen LogP contribution in [0.5, 0.6) is 0 Å². The molecule has 1 aliphatic carbocycles. The molecule has 5 heteroatoms. The van der Waals surface area contributed by atoms with E-state index in [4.69, 9.17) is 0 Å². The normalized spacial score (nSPS) is 23.8. The van der Waals surface area contributed by atoms with Crippen molar-refractivity contribution in [3.05, 3.63) is 60.2 Å². The van der Waals surface area contributed by atoms with Gasteiger partial charge in [-0.3, -0.25) is 9.59 Å². The highest BCUT2D eigenvalue weighted by molar-refractivity contribution is 5.82. The van der Waals surface area contributed by atoms with Crippen molar-refractivity contribution in [1.82, 2.24) is 10.2 Å². The summed E-state index contributed by atoms with van der Waals surface area (Å²) in [5.74, 6) is 0.112. The molecule has 0 radical (unpaired) electrons. The van der Waals surface area contributed by atoms with Crippen LogP contribution in [-0.2, 0) is 9.59 Å². The number of carbonyl (C=O) groups excluding carboxylic acids is 2. The van der Waals surface area contributed by atoms with Crippen molar-refractivity contribution in [3.63, 3.8) is 0 Å². The van der Waals surface area contributed by atoms with Crippen LogP contribution in [0.3, 0.4) is 0 Å².